The number of rotatable bonds is 6. The summed E-state index contributed by atoms with van der Waals surface area (Å²) in [7, 11) is 0. The number of hydrogen-bond acceptors (Lipinski definition) is 3. The minimum atomic E-state index is -1.25. The van der Waals surface area contributed by atoms with E-state index >= 15 is 0 Å². The van der Waals surface area contributed by atoms with Gasteiger partial charge in [-0.2, -0.15) is 11.8 Å². The first-order valence-electron chi connectivity index (χ1n) is 5.33. The van der Waals surface area contributed by atoms with E-state index in [0.717, 1.165) is 12.2 Å². The maximum Gasteiger partial charge on any atom is 0.338 e. The van der Waals surface area contributed by atoms with Crippen LogP contribution in [0.2, 0.25) is 0 Å². The standard InChI is InChI=1S/C12H16FNO2S/c1-8(5-6-17-2)14-9-3-4-10(12(15)16)11(13)7-9/h3-4,7-8,14H,5-6H2,1-2H3,(H,15,16). The zero-order chi connectivity index (χ0) is 12.8. The molecular formula is C12H16FNO2S. The zero-order valence-electron chi connectivity index (χ0n) is 9.87. The molecule has 1 aromatic carbocycles. The lowest BCUT2D eigenvalue weighted by atomic mass is 10.1. The Balaban J connectivity index is 2.67. The monoisotopic (exact) mass is 257 g/mol. The Labute approximate surface area is 104 Å². The van der Waals surface area contributed by atoms with Crippen LogP contribution in [-0.2, 0) is 0 Å². The van der Waals surface area contributed by atoms with Crippen LogP contribution in [0.25, 0.3) is 0 Å². The number of carbonyl (C=O) groups is 1. The summed E-state index contributed by atoms with van der Waals surface area (Å²) in [5, 5.41) is 11.8. The van der Waals surface area contributed by atoms with Gasteiger partial charge >= 0.3 is 5.97 Å². The summed E-state index contributed by atoms with van der Waals surface area (Å²) >= 11 is 1.76. The lowest BCUT2D eigenvalue weighted by Gasteiger charge is -2.14. The van der Waals surface area contributed by atoms with Gasteiger partial charge in [-0.1, -0.05) is 0 Å². The molecule has 0 fully saturated rings. The fourth-order valence-corrected chi connectivity index (χ4v) is 2.02. The van der Waals surface area contributed by atoms with Crippen molar-refractivity contribution in [3.63, 3.8) is 0 Å². The average molecular weight is 257 g/mol. The number of nitrogens with one attached hydrogen (secondary N) is 1. The number of anilines is 1. The number of carboxylic acids is 1. The third kappa shape index (κ3) is 4.26. The number of hydrogen-bond donors (Lipinski definition) is 2. The smallest absolute Gasteiger partial charge is 0.338 e. The fourth-order valence-electron chi connectivity index (χ4n) is 1.43. The summed E-state index contributed by atoms with van der Waals surface area (Å²) in [5.41, 5.74) is 0.313. The van der Waals surface area contributed by atoms with Crippen molar-refractivity contribution < 1.29 is 14.3 Å². The predicted octanol–water partition coefficient (Wildman–Crippen LogP) is 3.08. The highest BCUT2D eigenvalue weighted by Gasteiger charge is 2.11. The molecule has 0 aliphatic rings. The van der Waals surface area contributed by atoms with Crippen LogP contribution in [0.5, 0.6) is 0 Å². The van der Waals surface area contributed by atoms with Crippen LogP contribution in [-0.4, -0.2) is 29.1 Å². The molecule has 0 aliphatic heterocycles. The van der Waals surface area contributed by atoms with Crippen LogP contribution in [0.15, 0.2) is 18.2 Å². The second-order valence-electron chi connectivity index (χ2n) is 3.83. The molecule has 1 atom stereocenters. The Morgan fingerprint density at radius 3 is 2.82 bits per heavy atom. The van der Waals surface area contributed by atoms with Crippen LogP contribution in [0.3, 0.4) is 0 Å². The molecule has 0 bridgehead atoms. The Bertz CT molecular complexity index is 398. The summed E-state index contributed by atoms with van der Waals surface area (Å²) in [4.78, 5) is 10.6. The van der Waals surface area contributed by atoms with Crippen molar-refractivity contribution in [2.45, 2.75) is 19.4 Å². The summed E-state index contributed by atoms with van der Waals surface area (Å²) in [6, 6.07) is 4.32. The fraction of sp³-hybridized carbons (Fsp3) is 0.417. The van der Waals surface area contributed by atoms with Gasteiger partial charge in [-0.3, -0.25) is 0 Å². The molecule has 94 valence electrons. The van der Waals surface area contributed by atoms with E-state index in [1.54, 1.807) is 17.8 Å². The van der Waals surface area contributed by atoms with E-state index in [0.29, 0.717) is 5.69 Å². The van der Waals surface area contributed by atoms with Crippen molar-refractivity contribution in [3.8, 4) is 0 Å². The van der Waals surface area contributed by atoms with E-state index in [-0.39, 0.29) is 11.6 Å². The van der Waals surface area contributed by atoms with Gasteiger partial charge < -0.3 is 10.4 Å². The molecule has 5 heteroatoms. The number of aromatic carboxylic acids is 1. The largest absolute Gasteiger partial charge is 0.478 e. The number of carboxylic acid groups (broad SMARTS) is 1. The lowest BCUT2D eigenvalue weighted by Crippen LogP contribution is -2.16. The Morgan fingerprint density at radius 1 is 1.59 bits per heavy atom. The van der Waals surface area contributed by atoms with Gasteiger partial charge in [0.25, 0.3) is 0 Å². The highest BCUT2D eigenvalue weighted by Crippen LogP contribution is 2.16. The average Bonchev–Trinajstić information content (AvgIpc) is 2.26. The molecular weight excluding hydrogens is 241 g/mol. The molecule has 0 aromatic heterocycles. The summed E-state index contributed by atoms with van der Waals surface area (Å²) in [6.45, 7) is 2.01. The summed E-state index contributed by atoms with van der Waals surface area (Å²) in [6.07, 6.45) is 3.01. The molecule has 1 rings (SSSR count). The molecule has 0 radical (unpaired) electrons. The van der Waals surface area contributed by atoms with Crippen molar-refractivity contribution in [2.24, 2.45) is 0 Å². The first kappa shape index (κ1) is 13.8. The van der Waals surface area contributed by atoms with Gasteiger partial charge in [0, 0.05) is 11.7 Å². The van der Waals surface area contributed by atoms with Gasteiger partial charge in [-0.15, -0.1) is 0 Å². The summed E-state index contributed by atoms with van der Waals surface area (Å²) in [5.74, 6) is -0.923. The van der Waals surface area contributed by atoms with E-state index in [9.17, 15) is 9.18 Å². The number of benzene rings is 1. The van der Waals surface area contributed by atoms with E-state index < -0.39 is 11.8 Å². The van der Waals surface area contributed by atoms with Crippen LogP contribution in [0.4, 0.5) is 10.1 Å². The van der Waals surface area contributed by atoms with Gasteiger partial charge in [0.05, 0.1) is 5.56 Å². The maximum absolute atomic E-state index is 13.4. The maximum atomic E-state index is 13.4. The Morgan fingerprint density at radius 2 is 2.29 bits per heavy atom. The van der Waals surface area contributed by atoms with Gasteiger partial charge in [-0.05, 0) is 43.6 Å². The van der Waals surface area contributed by atoms with E-state index in [4.69, 9.17) is 5.11 Å². The molecule has 0 amide bonds. The summed E-state index contributed by atoms with van der Waals surface area (Å²) < 4.78 is 13.4. The van der Waals surface area contributed by atoms with Gasteiger partial charge in [0.1, 0.15) is 5.82 Å². The van der Waals surface area contributed by atoms with Crippen LogP contribution < -0.4 is 5.32 Å². The van der Waals surface area contributed by atoms with Crippen molar-refractivity contribution in [1.82, 2.24) is 0 Å². The lowest BCUT2D eigenvalue weighted by molar-refractivity contribution is 0.0692. The number of halogens is 1. The third-order valence-corrected chi connectivity index (χ3v) is 3.01. The molecule has 0 aliphatic carbocycles. The molecule has 0 saturated carbocycles. The van der Waals surface area contributed by atoms with Crippen LogP contribution >= 0.6 is 11.8 Å². The molecule has 1 unspecified atom stereocenters. The van der Waals surface area contributed by atoms with Gasteiger partial charge in [0.2, 0.25) is 0 Å². The van der Waals surface area contributed by atoms with Crippen molar-refractivity contribution in [1.29, 1.82) is 0 Å². The molecule has 2 N–H and O–H groups in total. The second-order valence-corrected chi connectivity index (χ2v) is 4.81. The zero-order valence-corrected chi connectivity index (χ0v) is 10.7. The van der Waals surface area contributed by atoms with Gasteiger partial charge in [0.15, 0.2) is 0 Å². The normalized spacial score (nSPS) is 12.2. The van der Waals surface area contributed by atoms with Crippen molar-refractivity contribution >= 4 is 23.4 Å². The molecule has 1 aromatic rings. The van der Waals surface area contributed by atoms with E-state index in [1.165, 1.54) is 12.1 Å². The van der Waals surface area contributed by atoms with Crippen LogP contribution in [0.1, 0.15) is 23.7 Å². The minimum Gasteiger partial charge on any atom is -0.478 e. The Kier molecular flexibility index (Phi) is 5.28. The van der Waals surface area contributed by atoms with Crippen molar-refractivity contribution in [3.05, 3.63) is 29.6 Å². The van der Waals surface area contributed by atoms with E-state index in [2.05, 4.69) is 5.32 Å². The molecule has 0 spiro atoms. The Hall–Kier alpha value is -1.23. The minimum absolute atomic E-state index is 0.234. The topological polar surface area (TPSA) is 49.3 Å². The molecule has 17 heavy (non-hydrogen) atoms. The SMILES string of the molecule is CSCCC(C)Nc1ccc(C(=O)O)c(F)c1. The predicted molar refractivity (Wildman–Crippen MR) is 69.4 cm³/mol. The first-order chi connectivity index (χ1) is 8.04. The first-order valence-corrected chi connectivity index (χ1v) is 6.72. The van der Waals surface area contributed by atoms with Gasteiger partial charge in [-0.25, -0.2) is 9.18 Å². The van der Waals surface area contributed by atoms with E-state index in [1.807, 2.05) is 13.2 Å². The molecule has 0 heterocycles. The number of thioether (sulfide) groups is 1. The third-order valence-electron chi connectivity index (χ3n) is 2.37. The quantitative estimate of drug-likeness (QED) is 0.822. The molecule has 3 nitrogen and oxygen atoms in total. The van der Waals surface area contributed by atoms with Crippen LogP contribution in [0, 0.1) is 5.82 Å². The van der Waals surface area contributed by atoms with Crippen molar-refractivity contribution in [2.75, 3.05) is 17.3 Å². The highest BCUT2D eigenvalue weighted by atomic mass is 32.2. The molecule has 0 saturated heterocycles. The highest BCUT2D eigenvalue weighted by molar-refractivity contribution is 7.98. The second kappa shape index (κ2) is 6.49.